The topological polar surface area (TPSA) is 58.6 Å². The predicted molar refractivity (Wildman–Crippen MR) is 129 cm³/mol. The normalized spacial score (nSPS) is 14.8. The summed E-state index contributed by atoms with van der Waals surface area (Å²) in [5, 5.41) is 4.53. The highest BCUT2D eigenvalue weighted by atomic mass is 35.5. The maximum Gasteiger partial charge on any atom is 0.261 e. The fraction of sp³-hybridized carbons (Fsp3) is 0.417. The summed E-state index contributed by atoms with van der Waals surface area (Å²) in [7, 11) is 0. The number of amides is 2. The molecule has 0 bridgehead atoms. The van der Waals surface area contributed by atoms with Gasteiger partial charge in [-0.05, 0) is 68.1 Å². The number of aryl methyl sites for hydroxylation is 1. The molecular weight excluding hydrogens is 471 g/mol. The zero-order chi connectivity index (χ0) is 23.3. The summed E-state index contributed by atoms with van der Waals surface area (Å²) >= 11 is 18.2. The largest absolute Gasteiger partial charge is 0.484 e. The average Bonchev–Trinajstić information content (AvgIpc) is 3.27. The molecule has 1 aliphatic carbocycles. The molecule has 2 aromatic rings. The monoisotopic (exact) mass is 496 g/mol. The quantitative estimate of drug-likeness (QED) is 0.501. The van der Waals surface area contributed by atoms with E-state index in [1.807, 2.05) is 6.92 Å². The number of benzene rings is 2. The molecule has 0 saturated heterocycles. The van der Waals surface area contributed by atoms with E-state index in [9.17, 15) is 9.59 Å². The van der Waals surface area contributed by atoms with Crippen LogP contribution in [0.2, 0.25) is 15.1 Å². The highest BCUT2D eigenvalue weighted by Gasteiger charge is 2.29. The van der Waals surface area contributed by atoms with Crippen LogP contribution in [-0.4, -0.2) is 35.4 Å². The molecule has 3 rings (SSSR count). The van der Waals surface area contributed by atoms with Crippen LogP contribution in [0.4, 0.5) is 0 Å². The lowest BCUT2D eigenvalue weighted by molar-refractivity contribution is -0.142. The molecule has 172 valence electrons. The molecule has 0 aromatic heterocycles. The number of rotatable bonds is 8. The first-order chi connectivity index (χ1) is 15.2. The lowest BCUT2D eigenvalue weighted by Gasteiger charge is -2.29. The smallest absolute Gasteiger partial charge is 0.261 e. The second kappa shape index (κ2) is 11.3. The van der Waals surface area contributed by atoms with Gasteiger partial charge in [-0.25, -0.2) is 0 Å². The Morgan fingerprint density at radius 1 is 1.06 bits per heavy atom. The molecule has 0 heterocycles. The van der Waals surface area contributed by atoms with Crippen molar-refractivity contribution in [3.63, 3.8) is 0 Å². The van der Waals surface area contributed by atoms with Gasteiger partial charge in [0.25, 0.3) is 5.91 Å². The zero-order valence-corrected chi connectivity index (χ0v) is 20.4. The lowest BCUT2D eigenvalue weighted by Crippen LogP contribution is -2.50. The number of nitrogens with one attached hydrogen (secondary N) is 1. The van der Waals surface area contributed by atoms with Gasteiger partial charge < -0.3 is 15.0 Å². The molecule has 32 heavy (non-hydrogen) atoms. The molecule has 1 atom stereocenters. The van der Waals surface area contributed by atoms with E-state index in [-0.39, 0.29) is 31.0 Å². The van der Waals surface area contributed by atoms with Crippen molar-refractivity contribution in [2.75, 3.05) is 6.61 Å². The van der Waals surface area contributed by atoms with E-state index in [2.05, 4.69) is 5.32 Å². The van der Waals surface area contributed by atoms with Crippen molar-refractivity contribution >= 4 is 46.6 Å². The van der Waals surface area contributed by atoms with Crippen molar-refractivity contribution in [3.05, 3.63) is 62.6 Å². The third-order valence-corrected chi connectivity index (χ3v) is 6.86. The highest BCUT2D eigenvalue weighted by Crippen LogP contribution is 2.25. The molecule has 1 saturated carbocycles. The van der Waals surface area contributed by atoms with Gasteiger partial charge in [0.05, 0.1) is 10.0 Å². The number of ether oxygens (including phenoxy) is 1. The molecule has 0 radical (unpaired) electrons. The first-order valence-electron chi connectivity index (χ1n) is 10.7. The van der Waals surface area contributed by atoms with Crippen LogP contribution in [0.1, 0.15) is 43.7 Å². The van der Waals surface area contributed by atoms with Crippen LogP contribution >= 0.6 is 34.8 Å². The van der Waals surface area contributed by atoms with Crippen molar-refractivity contribution in [3.8, 4) is 5.75 Å². The Bertz CT molecular complexity index is 977. The minimum absolute atomic E-state index is 0.167. The lowest BCUT2D eigenvalue weighted by atomic mass is 10.1. The fourth-order valence-electron chi connectivity index (χ4n) is 3.74. The van der Waals surface area contributed by atoms with Crippen molar-refractivity contribution < 1.29 is 14.3 Å². The molecule has 0 unspecified atom stereocenters. The predicted octanol–water partition coefficient (Wildman–Crippen LogP) is 5.81. The van der Waals surface area contributed by atoms with Crippen molar-refractivity contribution in [2.45, 2.75) is 58.2 Å². The minimum atomic E-state index is -0.673. The van der Waals surface area contributed by atoms with Gasteiger partial charge in [0.1, 0.15) is 11.8 Å². The maximum atomic E-state index is 13.1. The second-order valence-electron chi connectivity index (χ2n) is 8.14. The Morgan fingerprint density at radius 2 is 1.75 bits per heavy atom. The third kappa shape index (κ3) is 6.53. The third-order valence-electron chi connectivity index (χ3n) is 5.70. The summed E-state index contributed by atoms with van der Waals surface area (Å²) in [6.07, 6.45) is 4.16. The number of halogens is 3. The van der Waals surface area contributed by atoms with Gasteiger partial charge in [-0.1, -0.05) is 53.7 Å². The number of hydrogen-bond donors (Lipinski definition) is 1. The first-order valence-corrected chi connectivity index (χ1v) is 11.8. The summed E-state index contributed by atoms with van der Waals surface area (Å²) in [5.41, 5.74) is 1.63. The van der Waals surface area contributed by atoms with Crippen molar-refractivity contribution in [2.24, 2.45) is 0 Å². The maximum absolute atomic E-state index is 13.1. The van der Waals surface area contributed by atoms with E-state index in [0.29, 0.717) is 20.8 Å². The van der Waals surface area contributed by atoms with Crippen molar-refractivity contribution in [1.29, 1.82) is 0 Å². The van der Waals surface area contributed by atoms with E-state index in [1.54, 1.807) is 43.3 Å². The zero-order valence-electron chi connectivity index (χ0n) is 18.2. The Morgan fingerprint density at radius 3 is 2.41 bits per heavy atom. The van der Waals surface area contributed by atoms with Crippen LogP contribution in [0.15, 0.2) is 36.4 Å². The highest BCUT2D eigenvalue weighted by molar-refractivity contribution is 6.42. The standard InChI is InChI=1S/C24H27Cl3N2O3/c1-15-11-19(8-10-20(15)25)32-14-23(30)29(13-17-7-9-21(26)22(27)12-17)16(2)24(31)28-18-5-3-4-6-18/h7-12,16,18H,3-6,13-14H2,1-2H3,(H,28,31)/t16-/m1/s1. The molecule has 1 aliphatic rings. The van der Waals surface area contributed by atoms with Crippen LogP contribution in [0.3, 0.4) is 0 Å². The molecule has 1 N–H and O–H groups in total. The molecule has 1 fully saturated rings. The Kier molecular flexibility index (Phi) is 8.69. The average molecular weight is 498 g/mol. The van der Waals surface area contributed by atoms with Crippen LogP contribution < -0.4 is 10.1 Å². The molecule has 2 amide bonds. The van der Waals surface area contributed by atoms with Gasteiger partial charge in [0, 0.05) is 17.6 Å². The van der Waals surface area contributed by atoms with Crippen LogP contribution in [-0.2, 0) is 16.1 Å². The Balaban J connectivity index is 1.74. The summed E-state index contributed by atoms with van der Waals surface area (Å²) in [5.74, 6) is 0.0585. The number of nitrogens with zero attached hydrogens (tertiary/aromatic N) is 1. The van der Waals surface area contributed by atoms with E-state index >= 15 is 0 Å². The second-order valence-corrected chi connectivity index (χ2v) is 9.36. The van der Waals surface area contributed by atoms with Gasteiger partial charge in [-0.3, -0.25) is 9.59 Å². The summed E-state index contributed by atoms with van der Waals surface area (Å²) in [6.45, 7) is 3.59. The van der Waals surface area contributed by atoms with Crippen molar-refractivity contribution in [1.82, 2.24) is 10.2 Å². The Hall–Kier alpha value is -1.95. The molecule has 5 nitrogen and oxygen atoms in total. The van der Waals surface area contributed by atoms with Gasteiger partial charge in [0.15, 0.2) is 6.61 Å². The molecule has 0 aliphatic heterocycles. The summed E-state index contributed by atoms with van der Waals surface area (Å²) in [6, 6.07) is 9.87. The van der Waals surface area contributed by atoms with Gasteiger partial charge >= 0.3 is 0 Å². The van der Waals surface area contributed by atoms with E-state index < -0.39 is 6.04 Å². The fourth-order valence-corrected chi connectivity index (χ4v) is 4.18. The molecular formula is C24H27Cl3N2O3. The van der Waals surface area contributed by atoms with Crippen LogP contribution in [0.25, 0.3) is 0 Å². The first kappa shape index (κ1) is 24.7. The van der Waals surface area contributed by atoms with Crippen LogP contribution in [0.5, 0.6) is 5.75 Å². The molecule has 0 spiro atoms. The molecule has 8 heteroatoms. The van der Waals surface area contributed by atoms with Crippen LogP contribution in [0, 0.1) is 6.92 Å². The minimum Gasteiger partial charge on any atom is -0.484 e. The molecule has 2 aromatic carbocycles. The summed E-state index contributed by atoms with van der Waals surface area (Å²) in [4.78, 5) is 27.6. The van der Waals surface area contributed by atoms with Gasteiger partial charge in [-0.15, -0.1) is 0 Å². The van der Waals surface area contributed by atoms with Gasteiger partial charge in [-0.2, -0.15) is 0 Å². The van der Waals surface area contributed by atoms with Gasteiger partial charge in [0.2, 0.25) is 5.91 Å². The SMILES string of the molecule is Cc1cc(OCC(=O)N(Cc2ccc(Cl)c(Cl)c2)[C@H](C)C(=O)NC2CCCC2)ccc1Cl. The number of carbonyl (C=O) groups excluding carboxylic acids is 2. The van der Waals surface area contributed by atoms with E-state index in [1.165, 1.54) is 4.90 Å². The van der Waals surface area contributed by atoms with E-state index in [4.69, 9.17) is 39.5 Å². The Labute approximate surface area is 204 Å². The van der Waals surface area contributed by atoms with E-state index in [0.717, 1.165) is 36.8 Å². The number of carbonyl (C=O) groups is 2. The summed E-state index contributed by atoms with van der Waals surface area (Å²) < 4.78 is 5.70. The number of hydrogen-bond acceptors (Lipinski definition) is 3.